The van der Waals surface area contributed by atoms with E-state index < -0.39 is 30.2 Å². The van der Waals surface area contributed by atoms with E-state index in [2.05, 4.69) is 4.98 Å². The fraction of sp³-hybridized carbons (Fsp3) is 0.556. The lowest BCUT2D eigenvalue weighted by molar-refractivity contribution is -0.0464. The molecule has 18 heavy (non-hydrogen) atoms. The molecule has 0 radical (unpaired) electrons. The highest BCUT2D eigenvalue weighted by Crippen LogP contribution is 2.26. The molecule has 0 unspecified atom stereocenters. The van der Waals surface area contributed by atoms with Gasteiger partial charge in [0.25, 0.3) is 0 Å². The number of aromatic nitrogens is 2. The Kier molecular flexibility index (Phi) is 4.65. The molecule has 0 amide bonds. The second-order valence-corrected chi connectivity index (χ2v) is 3.86. The Hall–Kier alpha value is -1.19. The van der Waals surface area contributed by atoms with E-state index in [1.807, 2.05) is 0 Å². The molecule has 9 heteroatoms. The first-order valence-electron chi connectivity index (χ1n) is 5.09. The van der Waals surface area contributed by atoms with Crippen molar-refractivity contribution >= 4 is 18.2 Å². The molecule has 4 atom stereocenters. The highest BCUT2D eigenvalue weighted by molar-refractivity contribution is 5.85. The van der Waals surface area contributed by atoms with E-state index in [0.29, 0.717) is 0 Å². The van der Waals surface area contributed by atoms with Gasteiger partial charge < -0.3 is 26.4 Å². The summed E-state index contributed by atoms with van der Waals surface area (Å²) in [7, 11) is 0. The van der Waals surface area contributed by atoms with Crippen LogP contribution in [0.25, 0.3) is 0 Å². The molecule has 1 aromatic heterocycles. The minimum absolute atomic E-state index is 0. The van der Waals surface area contributed by atoms with Gasteiger partial charge in [0.05, 0.1) is 12.6 Å². The van der Waals surface area contributed by atoms with Crippen molar-refractivity contribution in [2.24, 2.45) is 5.73 Å². The molecule has 1 aliphatic rings. The number of aliphatic hydroxyl groups excluding tert-OH is 2. The van der Waals surface area contributed by atoms with Crippen LogP contribution in [0.5, 0.6) is 0 Å². The molecule has 8 nitrogen and oxygen atoms in total. The number of hydrogen-bond donors (Lipinski definition) is 4. The zero-order chi connectivity index (χ0) is 12.6. The van der Waals surface area contributed by atoms with Crippen LogP contribution in [-0.4, -0.2) is 44.6 Å². The number of rotatable bonds is 2. The summed E-state index contributed by atoms with van der Waals surface area (Å²) in [6, 6.07) is 0.617. The van der Waals surface area contributed by atoms with E-state index in [1.165, 1.54) is 12.3 Å². The average Bonchev–Trinajstić information content (AvgIpc) is 2.57. The lowest BCUT2D eigenvalue weighted by atomic mass is 10.1. The Balaban J connectivity index is 0.00000162. The van der Waals surface area contributed by atoms with Crippen molar-refractivity contribution < 1.29 is 14.9 Å². The van der Waals surface area contributed by atoms with Gasteiger partial charge in [-0.1, -0.05) is 0 Å². The summed E-state index contributed by atoms with van der Waals surface area (Å²) in [6.45, 7) is -0.373. The van der Waals surface area contributed by atoms with Crippen molar-refractivity contribution in [1.29, 1.82) is 0 Å². The molecule has 0 aromatic carbocycles. The Morgan fingerprint density at radius 2 is 2.22 bits per heavy atom. The third-order valence-electron chi connectivity index (χ3n) is 2.72. The van der Waals surface area contributed by atoms with Gasteiger partial charge in [-0.25, -0.2) is 4.79 Å². The minimum Gasteiger partial charge on any atom is -0.394 e. The number of nitrogens with zero attached hydrogens (tertiary/aromatic N) is 2. The maximum atomic E-state index is 11.6. The second-order valence-electron chi connectivity index (χ2n) is 3.86. The predicted molar refractivity (Wildman–Crippen MR) is 65.1 cm³/mol. The van der Waals surface area contributed by atoms with E-state index in [1.54, 1.807) is 0 Å². The van der Waals surface area contributed by atoms with Gasteiger partial charge in [0, 0.05) is 6.20 Å². The average molecular weight is 279 g/mol. The summed E-state index contributed by atoms with van der Waals surface area (Å²) in [4.78, 5) is 15.1. The zero-order valence-corrected chi connectivity index (χ0v) is 10.2. The van der Waals surface area contributed by atoms with Crippen molar-refractivity contribution in [1.82, 2.24) is 9.55 Å². The Labute approximate surface area is 109 Å². The third kappa shape index (κ3) is 2.47. The molecule has 6 N–H and O–H groups in total. The quantitative estimate of drug-likeness (QED) is 0.483. The van der Waals surface area contributed by atoms with Crippen molar-refractivity contribution in [2.45, 2.75) is 24.5 Å². The first kappa shape index (κ1) is 14.9. The Morgan fingerprint density at radius 1 is 1.56 bits per heavy atom. The van der Waals surface area contributed by atoms with E-state index >= 15 is 0 Å². The fourth-order valence-corrected chi connectivity index (χ4v) is 1.79. The number of nitrogen functional groups attached to an aromatic ring is 1. The highest BCUT2D eigenvalue weighted by Gasteiger charge is 2.42. The van der Waals surface area contributed by atoms with Crippen molar-refractivity contribution in [3.63, 3.8) is 0 Å². The van der Waals surface area contributed by atoms with Crippen LogP contribution < -0.4 is 17.2 Å². The Morgan fingerprint density at radius 3 is 2.72 bits per heavy atom. The highest BCUT2D eigenvalue weighted by atomic mass is 35.5. The molecule has 0 saturated carbocycles. The fourth-order valence-electron chi connectivity index (χ4n) is 1.79. The summed E-state index contributed by atoms with van der Waals surface area (Å²) in [5, 5.41) is 18.6. The van der Waals surface area contributed by atoms with Crippen LogP contribution in [0.2, 0.25) is 0 Å². The van der Waals surface area contributed by atoms with Crippen LogP contribution in [0, 0.1) is 0 Å². The summed E-state index contributed by atoms with van der Waals surface area (Å²) < 4.78 is 6.44. The molecular weight excluding hydrogens is 264 g/mol. The summed E-state index contributed by atoms with van der Waals surface area (Å²) in [6.07, 6.45) is -1.31. The van der Waals surface area contributed by atoms with Gasteiger partial charge >= 0.3 is 5.69 Å². The van der Waals surface area contributed by atoms with Crippen LogP contribution >= 0.6 is 12.4 Å². The molecular formula is C9H15ClN4O4. The number of anilines is 1. The first-order chi connectivity index (χ1) is 8.04. The third-order valence-corrected chi connectivity index (χ3v) is 2.72. The maximum Gasteiger partial charge on any atom is 0.351 e. The standard InChI is InChI=1S/C9H14N4O4.ClH/c10-5-1-2-13(9(16)12-5)8-6(11)7(15)4(3-14)17-8;/h1-2,4,6-8,14-15H,3,11H2,(H2,10,12,16);1H/t4-,6+,7-,8-;/m1./s1. The van der Waals surface area contributed by atoms with Gasteiger partial charge in [-0.15, -0.1) is 12.4 Å². The van der Waals surface area contributed by atoms with Gasteiger partial charge in [0.15, 0.2) is 6.23 Å². The summed E-state index contributed by atoms with van der Waals surface area (Å²) in [5.41, 5.74) is 10.5. The molecule has 0 bridgehead atoms. The van der Waals surface area contributed by atoms with E-state index in [-0.39, 0.29) is 24.8 Å². The van der Waals surface area contributed by atoms with Crippen LogP contribution in [0.15, 0.2) is 17.1 Å². The first-order valence-corrected chi connectivity index (χ1v) is 5.09. The van der Waals surface area contributed by atoms with Crippen LogP contribution in [0.1, 0.15) is 6.23 Å². The molecule has 102 valence electrons. The number of hydrogen-bond acceptors (Lipinski definition) is 7. The molecule has 0 aliphatic carbocycles. The van der Waals surface area contributed by atoms with Gasteiger partial charge in [-0.2, -0.15) is 4.98 Å². The topological polar surface area (TPSA) is 137 Å². The van der Waals surface area contributed by atoms with Gasteiger partial charge in [0.2, 0.25) is 0 Å². The van der Waals surface area contributed by atoms with Crippen LogP contribution in [0.3, 0.4) is 0 Å². The van der Waals surface area contributed by atoms with E-state index in [4.69, 9.17) is 21.3 Å². The normalized spacial score (nSPS) is 31.1. The smallest absolute Gasteiger partial charge is 0.351 e. The van der Waals surface area contributed by atoms with Crippen molar-refractivity contribution in [3.05, 3.63) is 22.7 Å². The number of halogens is 1. The predicted octanol–water partition coefficient (Wildman–Crippen LogP) is -2.17. The molecule has 1 aromatic rings. The molecule has 1 fully saturated rings. The lowest BCUT2D eigenvalue weighted by Crippen LogP contribution is -2.42. The molecule has 1 aliphatic heterocycles. The van der Waals surface area contributed by atoms with E-state index in [0.717, 1.165) is 4.57 Å². The number of aliphatic hydroxyl groups is 2. The Bertz CT molecular complexity index is 468. The second kappa shape index (κ2) is 5.63. The SMILES string of the molecule is Cl.Nc1ccn([C@@H]2O[C@H](CO)[C@@H](O)[C@@H]2N)c(=O)n1. The molecule has 2 heterocycles. The number of ether oxygens (including phenoxy) is 1. The minimum atomic E-state index is -1.03. The largest absolute Gasteiger partial charge is 0.394 e. The molecule has 0 spiro atoms. The van der Waals surface area contributed by atoms with Crippen molar-refractivity contribution in [3.8, 4) is 0 Å². The summed E-state index contributed by atoms with van der Waals surface area (Å²) in [5.74, 6) is 0.0945. The molecule has 2 rings (SSSR count). The van der Waals surface area contributed by atoms with Gasteiger partial charge in [0.1, 0.15) is 18.0 Å². The van der Waals surface area contributed by atoms with Crippen LogP contribution in [-0.2, 0) is 4.74 Å². The monoisotopic (exact) mass is 278 g/mol. The maximum absolute atomic E-state index is 11.6. The van der Waals surface area contributed by atoms with Gasteiger partial charge in [-0.3, -0.25) is 4.57 Å². The zero-order valence-electron chi connectivity index (χ0n) is 9.34. The summed E-state index contributed by atoms with van der Waals surface area (Å²) >= 11 is 0. The van der Waals surface area contributed by atoms with Crippen LogP contribution in [0.4, 0.5) is 5.82 Å². The molecule has 1 saturated heterocycles. The lowest BCUT2D eigenvalue weighted by Gasteiger charge is -2.17. The number of nitrogens with two attached hydrogens (primary N) is 2. The van der Waals surface area contributed by atoms with E-state index in [9.17, 15) is 9.90 Å². The van der Waals surface area contributed by atoms with Gasteiger partial charge in [-0.05, 0) is 6.07 Å². The van der Waals surface area contributed by atoms with Crippen molar-refractivity contribution in [2.75, 3.05) is 12.3 Å².